The molecule has 0 rings (SSSR count). The van der Waals surface area contributed by atoms with Crippen LogP contribution in [0.15, 0.2) is 0 Å². The molecule has 0 bridgehead atoms. The van der Waals surface area contributed by atoms with Gasteiger partial charge in [-0.25, -0.2) is 4.79 Å². The van der Waals surface area contributed by atoms with Crippen molar-refractivity contribution >= 4 is 35.1 Å². The van der Waals surface area contributed by atoms with Crippen molar-refractivity contribution in [1.82, 2.24) is 5.32 Å². The lowest BCUT2D eigenvalue weighted by Crippen LogP contribution is -2.44. The molecule has 4 nitrogen and oxygen atoms in total. The summed E-state index contributed by atoms with van der Waals surface area (Å²) in [4.78, 5) is 20.3. The highest BCUT2D eigenvalue weighted by Gasteiger charge is 2.34. The van der Waals surface area contributed by atoms with Crippen LogP contribution in [0.25, 0.3) is 0 Å². The van der Waals surface area contributed by atoms with Gasteiger partial charge in [-0.3, -0.25) is 4.79 Å². The molecule has 0 fully saturated rings. The average molecular weight is 186 g/mol. The third-order valence-corrected chi connectivity index (χ3v) is 1.11. The Morgan fingerprint density at radius 1 is 1.50 bits per heavy atom. The van der Waals surface area contributed by atoms with E-state index < -0.39 is 16.3 Å². The Morgan fingerprint density at radius 2 is 1.90 bits per heavy atom. The van der Waals surface area contributed by atoms with Crippen molar-refractivity contribution in [3.05, 3.63) is 0 Å². The number of carbonyl (C=O) groups excluding carboxylic acids is 1. The maximum absolute atomic E-state index is 10.2. The zero-order valence-corrected chi connectivity index (χ0v) is 6.53. The zero-order chi connectivity index (χ0) is 8.36. The summed E-state index contributed by atoms with van der Waals surface area (Å²) in [7, 11) is 0. The van der Waals surface area contributed by atoms with Crippen LogP contribution in [-0.2, 0) is 9.59 Å². The number of halogens is 2. The SMILES string of the molecule is CC(=O)NC(Cl)(Cl)C(=O)O. The summed E-state index contributed by atoms with van der Waals surface area (Å²) < 4.78 is -2.22. The molecule has 0 aliphatic heterocycles. The van der Waals surface area contributed by atoms with Crippen LogP contribution < -0.4 is 5.32 Å². The van der Waals surface area contributed by atoms with Gasteiger partial charge in [0, 0.05) is 6.92 Å². The highest BCUT2D eigenvalue weighted by atomic mass is 35.5. The molecule has 58 valence electrons. The van der Waals surface area contributed by atoms with E-state index in [0.29, 0.717) is 0 Å². The fourth-order valence-electron chi connectivity index (χ4n) is 0.275. The Hall–Kier alpha value is -0.480. The van der Waals surface area contributed by atoms with E-state index in [1.165, 1.54) is 0 Å². The van der Waals surface area contributed by atoms with E-state index in [0.717, 1.165) is 6.92 Å². The maximum atomic E-state index is 10.2. The number of rotatable bonds is 2. The molecular weight excluding hydrogens is 181 g/mol. The van der Waals surface area contributed by atoms with Gasteiger partial charge in [-0.2, -0.15) is 0 Å². The van der Waals surface area contributed by atoms with E-state index in [-0.39, 0.29) is 0 Å². The van der Waals surface area contributed by atoms with Crippen molar-refractivity contribution < 1.29 is 14.7 Å². The molecule has 0 spiro atoms. The first-order valence-corrected chi connectivity index (χ1v) is 3.02. The van der Waals surface area contributed by atoms with E-state index >= 15 is 0 Å². The molecule has 0 aromatic rings. The molecule has 0 atom stereocenters. The van der Waals surface area contributed by atoms with Crippen LogP contribution in [0.4, 0.5) is 0 Å². The molecule has 2 N–H and O–H groups in total. The van der Waals surface area contributed by atoms with Crippen LogP contribution in [0, 0.1) is 0 Å². The fraction of sp³-hybridized carbons (Fsp3) is 0.500. The summed E-state index contributed by atoms with van der Waals surface area (Å²) in [5.74, 6) is -2.11. The highest BCUT2D eigenvalue weighted by Crippen LogP contribution is 2.16. The van der Waals surface area contributed by atoms with Crippen LogP contribution >= 0.6 is 23.2 Å². The van der Waals surface area contributed by atoms with Gasteiger partial charge in [0.25, 0.3) is 4.46 Å². The zero-order valence-electron chi connectivity index (χ0n) is 5.02. The summed E-state index contributed by atoms with van der Waals surface area (Å²) in [5, 5.41) is 10.0. The van der Waals surface area contributed by atoms with Gasteiger partial charge in [-0.05, 0) is 0 Å². The Morgan fingerprint density at radius 3 is 2.00 bits per heavy atom. The van der Waals surface area contributed by atoms with Gasteiger partial charge in [0.05, 0.1) is 0 Å². The van der Waals surface area contributed by atoms with Crippen LogP contribution in [0.5, 0.6) is 0 Å². The summed E-state index contributed by atoms with van der Waals surface area (Å²) >= 11 is 10.2. The number of alkyl halides is 2. The van der Waals surface area contributed by atoms with Crippen LogP contribution in [0.1, 0.15) is 6.92 Å². The molecule has 0 aliphatic carbocycles. The summed E-state index contributed by atoms with van der Waals surface area (Å²) in [5.41, 5.74) is 0. The van der Waals surface area contributed by atoms with Gasteiger partial charge in [-0.15, -0.1) is 0 Å². The topological polar surface area (TPSA) is 66.4 Å². The number of hydrogen-bond acceptors (Lipinski definition) is 2. The number of amides is 1. The minimum Gasteiger partial charge on any atom is -0.478 e. The number of carboxylic acids is 1. The quantitative estimate of drug-likeness (QED) is 0.482. The number of carbonyl (C=O) groups is 2. The van der Waals surface area contributed by atoms with Crippen LogP contribution in [-0.4, -0.2) is 21.4 Å². The molecule has 1 amide bonds. The summed E-state index contributed by atoms with van der Waals surface area (Å²) in [6, 6.07) is 0. The molecule has 0 aromatic heterocycles. The molecule has 0 aliphatic rings. The van der Waals surface area contributed by atoms with Gasteiger partial charge in [0.15, 0.2) is 0 Å². The average Bonchev–Trinajstić information content (AvgIpc) is 1.60. The Balaban J connectivity index is 4.13. The molecule has 10 heavy (non-hydrogen) atoms. The number of nitrogens with one attached hydrogen (secondary N) is 1. The third-order valence-electron chi connectivity index (χ3n) is 0.602. The van der Waals surface area contributed by atoms with Crippen LogP contribution in [0.2, 0.25) is 0 Å². The van der Waals surface area contributed by atoms with Gasteiger partial charge in [0.1, 0.15) is 0 Å². The predicted molar refractivity (Wildman–Crippen MR) is 35.9 cm³/mol. The first-order valence-electron chi connectivity index (χ1n) is 2.26. The lowest BCUT2D eigenvalue weighted by Gasteiger charge is -2.13. The molecule has 0 heterocycles. The Kier molecular flexibility index (Phi) is 2.93. The second kappa shape index (κ2) is 3.07. The van der Waals surface area contributed by atoms with Crippen LogP contribution in [0.3, 0.4) is 0 Å². The molecule has 0 saturated heterocycles. The normalized spacial score (nSPS) is 10.7. The predicted octanol–water partition coefficient (Wildman–Crippen LogP) is 0.339. The first-order chi connectivity index (χ1) is 4.36. The molecule has 6 heteroatoms. The smallest absolute Gasteiger partial charge is 0.361 e. The van der Waals surface area contributed by atoms with E-state index in [2.05, 4.69) is 0 Å². The molecule has 0 aromatic carbocycles. The molecule has 0 unspecified atom stereocenters. The third kappa shape index (κ3) is 2.89. The lowest BCUT2D eigenvalue weighted by atomic mass is 10.6. The van der Waals surface area contributed by atoms with Crippen molar-refractivity contribution in [2.45, 2.75) is 11.4 Å². The van der Waals surface area contributed by atoms with Gasteiger partial charge in [-0.1, -0.05) is 23.2 Å². The summed E-state index contributed by atoms with van der Waals surface area (Å²) in [6.45, 7) is 1.11. The van der Waals surface area contributed by atoms with Crippen molar-refractivity contribution in [3.8, 4) is 0 Å². The number of hydrogen-bond donors (Lipinski definition) is 2. The lowest BCUT2D eigenvalue weighted by molar-refractivity contribution is -0.140. The monoisotopic (exact) mass is 185 g/mol. The number of carboxylic acid groups (broad SMARTS) is 1. The van der Waals surface area contributed by atoms with Gasteiger partial charge in [0.2, 0.25) is 5.91 Å². The van der Waals surface area contributed by atoms with Gasteiger partial charge >= 0.3 is 5.97 Å². The molecule has 0 radical (unpaired) electrons. The van der Waals surface area contributed by atoms with E-state index in [1.807, 2.05) is 5.32 Å². The van der Waals surface area contributed by atoms with Crippen molar-refractivity contribution in [3.63, 3.8) is 0 Å². The van der Waals surface area contributed by atoms with E-state index in [1.54, 1.807) is 0 Å². The fourth-order valence-corrected chi connectivity index (χ4v) is 0.541. The first kappa shape index (κ1) is 9.52. The Bertz CT molecular complexity index is 168. The van der Waals surface area contributed by atoms with Gasteiger partial charge < -0.3 is 10.4 Å². The molecular formula is C4H5Cl2NO3. The maximum Gasteiger partial charge on any atom is 0.361 e. The highest BCUT2D eigenvalue weighted by molar-refractivity contribution is 6.57. The minimum absolute atomic E-state index is 0.604. The van der Waals surface area contributed by atoms with E-state index in [9.17, 15) is 9.59 Å². The second-order valence-electron chi connectivity index (χ2n) is 1.56. The summed E-state index contributed by atoms with van der Waals surface area (Å²) in [6.07, 6.45) is 0. The van der Waals surface area contributed by atoms with Crippen molar-refractivity contribution in [2.24, 2.45) is 0 Å². The second-order valence-corrected chi connectivity index (χ2v) is 2.89. The Labute approximate surface area is 67.1 Å². The van der Waals surface area contributed by atoms with E-state index in [4.69, 9.17) is 28.3 Å². The number of aliphatic carboxylic acids is 1. The molecule has 0 saturated carbocycles. The van der Waals surface area contributed by atoms with Crippen molar-refractivity contribution in [1.29, 1.82) is 0 Å². The largest absolute Gasteiger partial charge is 0.478 e. The minimum atomic E-state index is -2.22. The standard InChI is InChI=1S/C4H5Cl2NO3/c1-2(8)7-4(5,6)3(9)10/h1H3,(H,7,8)(H,9,10). The van der Waals surface area contributed by atoms with Crippen molar-refractivity contribution in [2.75, 3.05) is 0 Å².